The van der Waals surface area contributed by atoms with E-state index in [0.717, 1.165) is 16.9 Å². The van der Waals surface area contributed by atoms with Crippen LogP contribution in [0.5, 0.6) is 5.75 Å². The van der Waals surface area contributed by atoms with Crippen LogP contribution in [0.3, 0.4) is 0 Å². The van der Waals surface area contributed by atoms with Crippen molar-refractivity contribution in [1.29, 1.82) is 0 Å². The van der Waals surface area contributed by atoms with Crippen molar-refractivity contribution in [1.82, 2.24) is 10.6 Å². The lowest BCUT2D eigenvalue weighted by Gasteiger charge is -2.36. The highest BCUT2D eigenvalue weighted by atomic mass is 16.5. The Hall–Kier alpha value is -2.67. The number of aliphatic hydroxyl groups excluding tert-OH is 2. The third-order valence-corrected chi connectivity index (χ3v) is 5.31. The molecule has 1 aliphatic rings. The number of hydrogen-bond acceptors (Lipinski definition) is 5. The van der Waals surface area contributed by atoms with Crippen molar-refractivity contribution in [2.75, 3.05) is 20.3 Å². The number of ether oxygens (including phenoxy) is 1. The zero-order valence-electron chi connectivity index (χ0n) is 16.5. The number of benzene rings is 2. The van der Waals surface area contributed by atoms with Crippen molar-refractivity contribution in [3.05, 3.63) is 77.9 Å². The maximum Gasteiger partial charge on any atom is 0.234 e. The number of carbonyl (C=O) groups excluding carboxylic acids is 1. The van der Waals surface area contributed by atoms with Crippen LogP contribution in [0, 0.1) is 5.92 Å². The Morgan fingerprint density at radius 3 is 2.45 bits per heavy atom. The Kier molecular flexibility index (Phi) is 7.41. The summed E-state index contributed by atoms with van der Waals surface area (Å²) >= 11 is 0. The standard InChI is InChI=1S/C23H28N2O4/c1-29-19-10-7-16(8-11-19)13-24-21(27)14-25-22-18(15-26)9-12-20(23(22)28)17-5-3-2-4-6-17/h2-12,18,20,22-23,25-26,28H,13-15H2,1H3,(H,24,27)/t18-,20-,22-,23+/m0/s1. The summed E-state index contributed by atoms with van der Waals surface area (Å²) in [4.78, 5) is 12.3. The SMILES string of the molecule is COc1ccc(CNC(=O)CN[C@@H]2[C@H](O)[C@H](c3ccccc3)C=C[C@H]2CO)cc1. The second-order valence-corrected chi connectivity index (χ2v) is 7.19. The first-order valence-electron chi connectivity index (χ1n) is 9.77. The molecule has 4 atom stereocenters. The van der Waals surface area contributed by atoms with E-state index in [1.54, 1.807) is 7.11 Å². The maximum atomic E-state index is 12.3. The summed E-state index contributed by atoms with van der Waals surface area (Å²) in [6.07, 6.45) is 3.11. The molecule has 3 rings (SSSR count). The molecule has 0 heterocycles. The Morgan fingerprint density at radius 2 is 1.79 bits per heavy atom. The van der Waals surface area contributed by atoms with E-state index in [0.29, 0.717) is 6.54 Å². The van der Waals surface area contributed by atoms with Crippen LogP contribution in [0.2, 0.25) is 0 Å². The molecule has 0 aliphatic heterocycles. The van der Waals surface area contributed by atoms with Crippen molar-refractivity contribution in [2.24, 2.45) is 5.92 Å². The number of rotatable bonds is 8. The molecule has 0 radical (unpaired) electrons. The molecule has 0 fully saturated rings. The van der Waals surface area contributed by atoms with E-state index in [1.165, 1.54) is 0 Å². The second kappa shape index (κ2) is 10.2. The lowest BCUT2D eigenvalue weighted by atomic mass is 9.78. The lowest BCUT2D eigenvalue weighted by Crippen LogP contribution is -2.52. The van der Waals surface area contributed by atoms with Gasteiger partial charge in [-0.25, -0.2) is 0 Å². The fourth-order valence-electron chi connectivity index (χ4n) is 3.62. The molecule has 1 aliphatic carbocycles. The zero-order chi connectivity index (χ0) is 20.6. The maximum absolute atomic E-state index is 12.3. The van der Waals surface area contributed by atoms with Crippen LogP contribution < -0.4 is 15.4 Å². The summed E-state index contributed by atoms with van der Waals surface area (Å²) in [5.41, 5.74) is 1.97. The molecule has 6 nitrogen and oxygen atoms in total. The smallest absolute Gasteiger partial charge is 0.234 e. The lowest BCUT2D eigenvalue weighted by molar-refractivity contribution is -0.120. The Balaban J connectivity index is 1.55. The van der Waals surface area contributed by atoms with Crippen LogP contribution in [0.4, 0.5) is 0 Å². The number of methoxy groups -OCH3 is 1. The number of carbonyl (C=O) groups is 1. The minimum Gasteiger partial charge on any atom is -0.497 e. The molecule has 2 aromatic carbocycles. The van der Waals surface area contributed by atoms with Gasteiger partial charge in [-0.3, -0.25) is 4.79 Å². The molecule has 6 heteroatoms. The van der Waals surface area contributed by atoms with Gasteiger partial charge >= 0.3 is 0 Å². The van der Waals surface area contributed by atoms with Gasteiger partial charge in [0.2, 0.25) is 5.91 Å². The Bertz CT molecular complexity index is 807. The van der Waals surface area contributed by atoms with E-state index in [1.807, 2.05) is 66.7 Å². The number of nitrogens with one attached hydrogen (secondary N) is 2. The number of hydrogen-bond donors (Lipinski definition) is 4. The van der Waals surface area contributed by atoms with E-state index >= 15 is 0 Å². The van der Waals surface area contributed by atoms with E-state index in [-0.39, 0.29) is 30.9 Å². The number of aliphatic hydroxyl groups is 2. The van der Waals surface area contributed by atoms with Crippen molar-refractivity contribution < 1.29 is 19.7 Å². The zero-order valence-corrected chi connectivity index (χ0v) is 16.5. The summed E-state index contributed by atoms with van der Waals surface area (Å²) in [7, 11) is 1.61. The van der Waals surface area contributed by atoms with Gasteiger partial charge in [0.1, 0.15) is 5.75 Å². The van der Waals surface area contributed by atoms with Gasteiger partial charge in [0.15, 0.2) is 0 Å². The van der Waals surface area contributed by atoms with Gasteiger partial charge in [-0.2, -0.15) is 0 Å². The summed E-state index contributed by atoms with van der Waals surface area (Å²) in [5.74, 6) is 0.165. The van der Waals surface area contributed by atoms with Crippen molar-refractivity contribution in [3.8, 4) is 5.75 Å². The topological polar surface area (TPSA) is 90.8 Å². The Labute approximate surface area is 171 Å². The van der Waals surface area contributed by atoms with Gasteiger partial charge in [-0.05, 0) is 23.3 Å². The first kappa shape index (κ1) is 21.0. The molecule has 0 bridgehead atoms. The van der Waals surface area contributed by atoms with Gasteiger partial charge < -0.3 is 25.6 Å². The molecule has 0 unspecified atom stereocenters. The fraction of sp³-hybridized carbons (Fsp3) is 0.348. The van der Waals surface area contributed by atoms with Crippen LogP contribution in [0.1, 0.15) is 17.0 Å². The van der Waals surface area contributed by atoms with Gasteiger partial charge in [0.25, 0.3) is 0 Å². The fourth-order valence-corrected chi connectivity index (χ4v) is 3.62. The summed E-state index contributed by atoms with van der Waals surface area (Å²) in [6.45, 7) is 0.373. The predicted octanol–water partition coefficient (Wildman–Crippen LogP) is 1.59. The second-order valence-electron chi connectivity index (χ2n) is 7.19. The highest BCUT2D eigenvalue weighted by molar-refractivity contribution is 5.78. The molecule has 2 aromatic rings. The Morgan fingerprint density at radius 1 is 1.07 bits per heavy atom. The predicted molar refractivity (Wildman–Crippen MR) is 112 cm³/mol. The first-order chi connectivity index (χ1) is 14.1. The van der Waals surface area contributed by atoms with Crippen LogP contribution in [0.25, 0.3) is 0 Å². The molecule has 29 heavy (non-hydrogen) atoms. The third kappa shape index (κ3) is 5.44. The third-order valence-electron chi connectivity index (χ3n) is 5.31. The van der Waals surface area contributed by atoms with Crippen LogP contribution >= 0.6 is 0 Å². The molecular formula is C23H28N2O4. The molecule has 0 aromatic heterocycles. The van der Waals surface area contributed by atoms with Gasteiger partial charge in [0, 0.05) is 24.4 Å². The molecule has 0 saturated carbocycles. The van der Waals surface area contributed by atoms with Crippen LogP contribution in [0.15, 0.2) is 66.7 Å². The molecule has 154 valence electrons. The van der Waals surface area contributed by atoms with E-state index in [2.05, 4.69) is 10.6 Å². The van der Waals surface area contributed by atoms with Gasteiger partial charge in [-0.1, -0.05) is 54.6 Å². The van der Waals surface area contributed by atoms with Gasteiger partial charge in [-0.15, -0.1) is 0 Å². The number of amides is 1. The monoisotopic (exact) mass is 396 g/mol. The molecule has 4 N–H and O–H groups in total. The average Bonchev–Trinajstić information content (AvgIpc) is 2.77. The van der Waals surface area contributed by atoms with E-state index < -0.39 is 12.1 Å². The summed E-state index contributed by atoms with van der Waals surface area (Å²) in [5, 5.41) is 26.6. The average molecular weight is 396 g/mol. The quantitative estimate of drug-likeness (QED) is 0.509. The summed E-state index contributed by atoms with van der Waals surface area (Å²) in [6, 6.07) is 16.8. The highest BCUT2D eigenvalue weighted by Crippen LogP contribution is 2.31. The van der Waals surface area contributed by atoms with Crippen LogP contribution in [-0.2, 0) is 11.3 Å². The largest absolute Gasteiger partial charge is 0.497 e. The van der Waals surface area contributed by atoms with Crippen LogP contribution in [-0.4, -0.2) is 48.5 Å². The molecule has 0 spiro atoms. The molecule has 1 amide bonds. The van der Waals surface area contributed by atoms with E-state index in [9.17, 15) is 15.0 Å². The van der Waals surface area contributed by atoms with Crippen molar-refractivity contribution in [3.63, 3.8) is 0 Å². The van der Waals surface area contributed by atoms with Gasteiger partial charge in [0.05, 0.1) is 26.4 Å². The van der Waals surface area contributed by atoms with Crippen molar-refractivity contribution in [2.45, 2.75) is 24.6 Å². The molecular weight excluding hydrogens is 368 g/mol. The first-order valence-corrected chi connectivity index (χ1v) is 9.77. The minimum atomic E-state index is -0.742. The highest BCUT2D eigenvalue weighted by Gasteiger charge is 2.35. The summed E-state index contributed by atoms with van der Waals surface area (Å²) < 4.78 is 5.12. The van der Waals surface area contributed by atoms with Crippen molar-refractivity contribution >= 4 is 5.91 Å². The normalized spacial score (nSPS) is 23.6. The van der Waals surface area contributed by atoms with E-state index in [4.69, 9.17) is 4.74 Å². The minimum absolute atomic E-state index is 0.0593. The molecule has 0 saturated heterocycles.